The molecule has 0 aliphatic heterocycles. The average Bonchev–Trinajstić information content (AvgIpc) is 2.54. The SMILES string of the molecule is Cc1cccc(C(=O)NCC(=O)N/N=C/c2ccccc2Cl)c1. The Labute approximate surface area is 139 Å². The molecule has 2 aromatic carbocycles. The van der Waals surface area contributed by atoms with Crippen LogP contribution in [0.25, 0.3) is 0 Å². The summed E-state index contributed by atoms with van der Waals surface area (Å²) in [5, 5.41) is 6.88. The van der Waals surface area contributed by atoms with Gasteiger partial charge >= 0.3 is 0 Å². The first-order valence-electron chi connectivity index (χ1n) is 6.97. The number of halogens is 1. The molecular weight excluding hydrogens is 314 g/mol. The largest absolute Gasteiger partial charge is 0.343 e. The first kappa shape index (κ1) is 16.7. The van der Waals surface area contributed by atoms with Crippen molar-refractivity contribution in [2.24, 2.45) is 5.10 Å². The van der Waals surface area contributed by atoms with Gasteiger partial charge in [-0.15, -0.1) is 0 Å². The van der Waals surface area contributed by atoms with Gasteiger partial charge in [-0.1, -0.05) is 47.5 Å². The van der Waals surface area contributed by atoms with Crippen molar-refractivity contribution in [3.05, 3.63) is 70.2 Å². The predicted molar refractivity (Wildman–Crippen MR) is 90.7 cm³/mol. The zero-order valence-corrected chi connectivity index (χ0v) is 13.3. The molecule has 0 bridgehead atoms. The van der Waals surface area contributed by atoms with Crippen LogP contribution in [0.5, 0.6) is 0 Å². The predicted octanol–water partition coefficient (Wildman–Crippen LogP) is 2.53. The monoisotopic (exact) mass is 329 g/mol. The molecule has 5 nitrogen and oxygen atoms in total. The summed E-state index contributed by atoms with van der Waals surface area (Å²) in [6, 6.07) is 14.3. The highest BCUT2D eigenvalue weighted by atomic mass is 35.5. The number of amides is 2. The number of benzene rings is 2. The van der Waals surface area contributed by atoms with Crippen molar-refractivity contribution in [1.82, 2.24) is 10.7 Å². The number of carbonyl (C=O) groups is 2. The maximum Gasteiger partial charge on any atom is 0.259 e. The summed E-state index contributed by atoms with van der Waals surface area (Å²) in [5.41, 5.74) is 4.52. The minimum Gasteiger partial charge on any atom is -0.343 e. The normalized spacial score (nSPS) is 10.5. The number of hydrazone groups is 1. The lowest BCUT2D eigenvalue weighted by atomic mass is 10.1. The molecule has 0 unspecified atom stereocenters. The molecule has 2 N–H and O–H groups in total. The van der Waals surface area contributed by atoms with Gasteiger partial charge in [0.1, 0.15) is 0 Å². The van der Waals surface area contributed by atoms with Crippen LogP contribution >= 0.6 is 11.6 Å². The highest BCUT2D eigenvalue weighted by Crippen LogP contribution is 2.11. The molecule has 2 aromatic rings. The lowest BCUT2D eigenvalue weighted by Gasteiger charge is -2.05. The van der Waals surface area contributed by atoms with Crippen LogP contribution in [0, 0.1) is 6.92 Å². The van der Waals surface area contributed by atoms with Crippen molar-refractivity contribution in [2.45, 2.75) is 6.92 Å². The van der Waals surface area contributed by atoms with Gasteiger partial charge < -0.3 is 5.32 Å². The minimum absolute atomic E-state index is 0.160. The zero-order valence-electron chi connectivity index (χ0n) is 12.5. The van der Waals surface area contributed by atoms with E-state index in [1.54, 1.807) is 36.4 Å². The van der Waals surface area contributed by atoms with E-state index in [9.17, 15) is 9.59 Å². The second-order valence-corrected chi connectivity index (χ2v) is 5.27. The third-order valence-corrected chi connectivity index (χ3v) is 3.33. The van der Waals surface area contributed by atoms with E-state index >= 15 is 0 Å². The van der Waals surface area contributed by atoms with Crippen LogP contribution in [0.3, 0.4) is 0 Å². The molecule has 0 fully saturated rings. The topological polar surface area (TPSA) is 70.6 Å². The van der Waals surface area contributed by atoms with E-state index in [0.29, 0.717) is 16.1 Å². The summed E-state index contributed by atoms with van der Waals surface area (Å²) >= 11 is 5.96. The van der Waals surface area contributed by atoms with E-state index < -0.39 is 5.91 Å². The van der Waals surface area contributed by atoms with Crippen molar-refractivity contribution >= 4 is 29.6 Å². The maximum absolute atomic E-state index is 11.9. The first-order valence-corrected chi connectivity index (χ1v) is 7.35. The van der Waals surface area contributed by atoms with Crippen LogP contribution < -0.4 is 10.7 Å². The van der Waals surface area contributed by atoms with Gasteiger partial charge in [-0.25, -0.2) is 5.43 Å². The average molecular weight is 330 g/mol. The Kier molecular flexibility index (Phi) is 5.88. The molecule has 2 amide bonds. The number of nitrogens with zero attached hydrogens (tertiary/aromatic N) is 1. The van der Waals surface area contributed by atoms with Gasteiger partial charge in [-0.3, -0.25) is 9.59 Å². The van der Waals surface area contributed by atoms with E-state index in [4.69, 9.17) is 11.6 Å². The van der Waals surface area contributed by atoms with Crippen LogP contribution in [0.15, 0.2) is 53.6 Å². The lowest BCUT2D eigenvalue weighted by Crippen LogP contribution is -2.34. The lowest BCUT2D eigenvalue weighted by molar-refractivity contribution is -0.120. The van der Waals surface area contributed by atoms with Gasteiger partial charge in [-0.2, -0.15) is 5.10 Å². The van der Waals surface area contributed by atoms with Gasteiger partial charge in [0.15, 0.2) is 0 Å². The van der Waals surface area contributed by atoms with Crippen molar-refractivity contribution < 1.29 is 9.59 Å². The smallest absolute Gasteiger partial charge is 0.259 e. The molecule has 0 aliphatic carbocycles. The fourth-order valence-corrected chi connectivity index (χ4v) is 2.03. The Hall–Kier alpha value is -2.66. The molecule has 0 saturated heterocycles. The number of rotatable bonds is 5. The Bertz CT molecular complexity index is 744. The Balaban J connectivity index is 1.81. The standard InChI is InChI=1S/C17H16ClN3O2/c1-12-5-4-7-13(9-12)17(23)19-11-16(22)21-20-10-14-6-2-3-8-15(14)18/h2-10H,11H2,1H3,(H,19,23)(H,21,22)/b20-10+. The van der Waals surface area contributed by atoms with Crippen LogP contribution in [0.2, 0.25) is 5.02 Å². The summed E-state index contributed by atoms with van der Waals surface area (Å²) in [4.78, 5) is 23.5. The molecule has 0 radical (unpaired) electrons. The number of hydrogen-bond donors (Lipinski definition) is 2. The fourth-order valence-electron chi connectivity index (χ4n) is 1.84. The first-order chi connectivity index (χ1) is 11.1. The molecule has 6 heteroatoms. The van der Waals surface area contributed by atoms with Crippen LogP contribution in [-0.4, -0.2) is 24.6 Å². The second-order valence-electron chi connectivity index (χ2n) is 4.87. The quantitative estimate of drug-likeness (QED) is 0.653. The minimum atomic E-state index is -0.422. The van der Waals surface area contributed by atoms with Crippen molar-refractivity contribution in [3.8, 4) is 0 Å². The van der Waals surface area contributed by atoms with E-state index in [2.05, 4.69) is 15.8 Å². The van der Waals surface area contributed by atoms with Crippen LogP contribution in [0.4, 0.5) is 0 Å². The number of hydrogen-bond acceptors (Lipinski definition) is 3. The summed E-state index contributed by atoms with van der Waals surface area (Å²) in [7, 11) is 0. The molecule has 0 aliphatic rings. The third kappa shape index (κ3) is 5.23. The second kappa shape index (κ2) is 8.10. The van der Waals surface area contributed by atoms with Crippen LogP contribution in [0.1, 0.15) is 21.5 Å². The number of nitrogens with one attached hydrogen (secondary N) is 2. The molecule has 0 atom stereocenters. The molecule has 118 valence electrons. The number of carbonyl (C=O) groups excluding carboxylic acids is 2. The highest BCUT2D eigenvalue weighted by Gasteiger charge is 2.07. The third-order valence-electron chi connectivity index (χ3n) is 2.99. The summed E-state index contributed by atoms with van der Waals surface area (Å²) in [6.45, 7) is 1.74. The molecule has 0 heterocycles. The van der Waals surface area contributed by atoms with Crippen molar-refractivity contribution in [2.75, 3.05) is 6.54 Å². The van der Waals surface area contributed by atoms with Gasteiger partial charge in [-0.05, 0) is 25.1 Å². The number of aryl methyl sites for hydroxylation is 1. The Morgan fingerprint density at radius 2 is 1.96 bits per heavy atom. The van der Waals surface area contributed by atoms with E-state index in [0.717, 1.165) is 5.56 Å². The van der Waals surface area contributed by atoms with Gasteiger partial charge in [0.05, 0.1) is 12.8 Å². The van der Waals surface area contributed by atoms with E-state index in [-0.39, 0.29) is 12.5 Å². The van der Waals surface area contributed by atoms with Crippen molar-refractivity contribution in [3.63, 3.8) is 0 Å². The zero-order chi connectivity index (χ0) is 16.7. The molecule has 0 saturated carbocycles. The summed E-state index contributed by atoms with van der Waals surface area (Å²) < 4.78 is 0. The Morgan fingerprint density at radius 1 is 1.17 bits per heavy atom. The fraction of sp³-hybridized carbons (Fsp3) is 0.118. The van der Waals surface area contributed by atoms with Crippen LogP contribution in [-0.2, 0) is 4.79 Å². The van der Waals surface area contributed by atoms with Gasteiger partial charge in [0, 0.05) is 16.1 Å². The molecule has 0 spiro atoms. The molecule has 0 aromatic heterocycles. The highest BCUT2D eigenvalue weighted by molar-refractivity contribution is 6.33. The van der Waals surface area contributed by atoms with E-state index in [1.165, 1.54) is 6.21 Å². The summed E-state index contributed by atoms with van der Waals surface area (Å²) in [6.07, 6.45) is 1.45. The molecule has 23 heavy (non-hydrogen) atoms. The van der Waals surface area contributed by atoms with Gasteiger partial charge in [0.2, 0.25) is 0 Å². The molecular formula is C17H16ClN3O2. The van der Waals surface area contributed by atoms with Gasteiger partial charge in [0.25, 0.3) is 11.8 Å². The van der Waals surface area contributed by atoms with E-state index in [1.807, 2.05) is 19.1 Å². The Morgan fingerprint density at radius 3 is 2.70 bits per heavy atom. The summed E-state index contributed by atoms with van der Waals surface area (Å²) in [5.74, 6) is -0.728. The van der Waals surface area contributed by atoms with Crippen molar-refractivity contribution in [1.29, 1.82) is 0 Å². The molecule has 2 rings (SSSR count). The maximum atomic E-state index is 11.9.